The minimum Gasteiger partial charge on any atom is -0.304 e. The summed E-state index contributed by atoms with van der Waals surface area (Å²) >= 11 is 0. The van der Waals surface area contributed by atoms with Crippen molar-refractivity contribution >= 4 is 12.2 Å². The Morgan fingerprint density at radius 3 is 1.59 bits per heavy atom. The van der Waals surface area contributed by atoms with Crippen molar-refractivity contribution in [2.75, 3.05) is 0 Å². The van der Waals surface area contributed by atoms with Gasteiger partial charge in [-0.25, -0.2) is 0 Å². The van der Waals surface area contributed by atoms with Crippen molar-refractivity contribution in [3.8, 4) is 0 Å². The minimum absolute atomic E-state index is 0.472. The predicted molar refractivity (Wildman–Crippen MR) is 95.5 cm³/mol. The number of hydrogen-bond acceptors (Lipinski definition) is 1. The zero-order chi connectivity index (χ0) is 15.0. The van der Waals surface area contributed by atoms with Crippen molar-refractivity contribution in [3.05, 3.63) is 83.9 Å². The second kappa shape index (κ2) is 7.77. The number of benzene rings is 2. The Balaban J connectivity index is 1.57. The van der Waals surface area contributed by atoms with E-state index in [1.54, 1.807) is 0 Å². The van der Waals surface area contributed by atoms with E-state index < -0.39 is 0 Å². The molecule has 2 aromatic rings. The summed E-state index contributed by atoms with van der Waals surface area (Å²) in [5.41, 5.74) is 2.54. The molecule has 1 saturated heterocycles. The lowest BCUT2D eigenvalue weighted by atomic mass is 9.97. The molecule has 0 spiro atoms. The SMILES string of the molecule is C(=C[C@@H]1CCC[C@H](/C=C/c2ccccc2)N1)c1ccccc1. The van der Waals surface area contributed by atoms with Gasteiger partial charge in [-0.05, 0) is 30.4 Å². The molecule has 0 amide bonds. The summed E-state index contributed by atoms with van der Waals surface area (Å²) in [7, 11) is 0. The highest BCUT2D eigenvalue weighted by atomic mass is 15.0. The second-order valence-corrected chi connectivity index (χ2v) is 5.85. The zero-order valence-corrected chi connectivity index (χ0v) is 12.9. The van der Waals surface area contributed by atoms with Crippen LogP contribution in [0.4, 0.5) is 0 Å². The quantitative estimate of drug-likeness (QED) is 0.842. The zero-order valence-electron chi connectivity index (χ0n) is 12.9. The van der Waals surface area contributed by atoms with Gasteiger partial charge in [0.25, 0.3) is 0 Å². The molecular formula is C21H23N. The topological polar surface area (TPSA) is 12.0 Å². The standard InChI is InChI=1S/C21H23N/c1-3-8-18(9-4-1)14-16-20-12-7-13-21(22-20)17-15-19-10-5-2-6-11-19/h1-6,8-11,14-17,20-22H,7,12-13H2/b16-14+,17-15?/t20-,21+/m1/s1. The summed E-state index contributed by atoms with van der Waals surface area (Å²) in [6.07, 6.45) is 12.8. The van der Waals surface area contributed by atoms with E-state index >= 15 is 0 Å². The third kappa shape index (κ3) is 4.44. The van der Waals surface area contributed by atoms with Crippen LogP contribution in [0.25, 0.3) is 12.2 Å². The van der Waals surface area contributed by atoms with E-state index in [2.05, 4.69) is 90.3 Å². The molecule has 1 nitrogen and oxygen atoms in total. The first-order valence-corrected chi connectivity index (χ1v) is 8.13. The van der Waals surface area contributed by atoms with Crippen LogP contribution in [0, 0.1) is 0 Å². The molecule has 1 heteroatoms. The van der Waals surface area contributed by atoms with Crippen LogP contribution >= 0.6 is 0 Å². The molecule has 3 rings (SSSR count). The third-order valence-electron chi connectivity index (χ3n) is 4.10. The van der Waals surface area contributed by atoms with Crippen LogP contribution < -0.4 is 5.32 Å². The first kappa shape index (κ1) is 14.8. The van der Waals surface area contributed by atoms with Crippen molar-refractivity contribution in [1.29, 1.82) is 0 Å². The molecule has 0 radical (unpaired) electrons. The van der Waals surface area contributed by atoms with Gasteiger partial charge in [0, 0.05) is 12.1 Å². The lowest BCUT2D eigenvalue weighted by Gasteiger charge is -2.27. The lowest BCUT2D eigenvalue weighted by Crippen LogP contribution is -2.39. The van der Waals surface area contributed by atoms with E-state index in [0.29, 0.717) is 12.1 Å². The molecule has 0 bridgehead atoms. The number of nitrogens with one attached hydrogen (secondary N) is 1. The summed E-state index contributed by atoms with van der Waals surface area (Å²) in [6.45, 7) is 0. The average Bonchev–Trinajstić information content (AvgIpc) is 2.60. The van der Waals surface area contributed by atoms with Crippen molar-refractivity contribution in [2.24, 2.45) is 0 Å². The molecule has 2 atom stereocenters. The molecule has 1 heterocycles. The summed E-state index contributed by atoms with van der Waals surface area (Å²) in [4.78, 5) is 0. The maximum absolute atomic E-state index is 3.72. The molecule has 0 aromatic heterocycles. The molecule has 2 aromatic carbocycles. The van der Waals surface area contributed by atoms with Crippen molar-refractivity contribution < 1.29 is 0 Å². The molecule has 22 heavy (non-hydrogen) atoms. The van der Waals surface area contributed by atoms with Crippen LogP contribution in [-0.4, -0.2) is 12.1 Å². The first-order valence-electron chi connectivity index (χ1n) is 8.13. The maximum Gasteiger partial charge on any atom is 0.0258 e. The van der Waals surface area contributed by atoms with Gasteiger partial charge >= 0.3 is 0 Å². The van der Waals surface area contributed by atoms with E-state index in [0.717, 1.165) is 0 Å². The Hall–Kier alpha value is -2.12. The molecule has 0 unspecified atom stereocenters. The molecule has 1 fully saturated rings. The van der Waals surface area contributed by atoms with Gasteiger partial charge in [0.1, 0.15) is 0 Å². The molecule has 1 N–H and O–H groups in total. The van der Waals surface area contributed by atoms with Crippen molar-refractivity contribution in [3.63, 3.8) is 0 Å². The highest BCUT2D eigenvalue weighted by molar-refractivity contribution is 5.51. The summed E-state index contributed by atoms with van der Waals surface area (Å²) < 4.78 is 0. The van der Waals surface area contributed by atoms with Crippen molar-refractivity contribution in [2.45, 2.75) is 31.3 Å². The molecule has 0 aliphatic carbocycles. The smallest absolute Gasteiger partial charge is 0.0258 e. The van der Waals surface area contributed by atoms with Gasteiger partial charge in [-0.3, -0.25) is 0 Å². The van der Waals surface area contributed by atoms with E-state index in [-0.39, 0.29) is 0 Å². The van der Waals surface area contributed by atoms with Crippen LogP contribution in [0.5, 0.6) is 0 Å². The van der Waals surface area contributed by atoms with Gasteiger partial charge < -0.3 is 5.32 Å². The van der Waals surface area contributed by atoms with E-state index in [9.17, 15) is 0 Å². The highest BCUT2D eigenvalue weighted by Gasteiger charge is 2.16. The first-order chi connectivity index (χ1) is 10.9. The Morgan fingerprint density at radius 1 is 0.682 bits per heavy atom. The molecule has 112 valence electrons. The Bertz CT molecular complexity index is 557. The second-order valence-electron chi connectivity index (χ2n) is 5.85. The van der Waals surface area contributed by atoms with Gasteiger partial charge in [-0.15, -0.1) is 0 Å². The van der Waals surface area contributed by atoms with Gasteiger partial charge in [0.15, 0.2) is 0 Å². The van der Waals surface area contributed by atoms with E-state index in [4.69, 9.17) is 0 Å². The van der Waals surface area contributed by atoms with Crippen LogP contribution in [0.15, 0.2) is 72.8 Å². The third-order valence-corrected chi connectivity index (χ3v) is 4.10. The fourth-order valence-electron chi connectivity index (χ4n) is 2.89. The molecule has 1 aliphatic rings. The van der Waals surface area contributed by atoms with Crippen molar-refractivity contribution in [1.82, 2.24) is 5.32 Å². The van der Waals surface area contributed by atoms with Gasteiger partial charge in [-0.2, -0.15) is 0 Å². The van der Waals surface area contributed by atoms with Gasteiger partial charge in [0.05, 0.1) is 0 Å². The largest absolute Gasteiger partial charge is 0.304 e. The Morgan fingerprint density at radius 2 is 1.14 bits per heavy atom. The van der Waals surface area contributed by atoms with Crippen LogP contribution in [0.2, 0.25) is 0 Å². The van der Waals surface area contributed by atoms with E-state index in [1.807, 2.05) is 0 Å². The molecular weight excluding hydrogens is 266 g/mol. The highest BCUT2D eigenvalue weighted by Crippen LogP contribution is 2.16. The molecule has 0 saturated carbocycles. The van der Waals surface area contributed by atoms with Crippen LogP contribution in [0.1, 0.15) is 30.4 Å². The minimum atomic E-state index is 0.472. The fraction of sp³-hybridized carbons (Fsp3) is 0.238. The Labute approximate surface area is 133 Å². The average molecular weight is 289 g/mol. The summed E-state index contributed by atoms with van der Waals surface area (Å²) in [5, 5.41) is 3.72. The monoisotopic (exact) mass is 289 g/mol. The van der Waals surface area contributed by atoms with E-state index in [1.165, 1.54) is 30.4 Å². The number of hydrogen-bond donors (Lipinski definition) is 1. The summed E-state index contributed by atoms with van der Waals surface area (Å²) in [6, 6.07) is 22.0. The maximum atomic E-state index is 3.72. The van der Waals surface area contributed by atoms with Crippen LogP contribution in [-0.2, 0) is 0 Å². The van der Waals surface area contributed by atoms with Gasteiger partial charge in [0.2, 0.25) is 0 Å². The Kier molecular flexibility index (Phi) is 5.22. The fourth-order valence-corrected chi connectivity index (χ4v) is 2.89. The number of piperidine rings is 1. The molecule has 1 aliphatic heterocycles. The summed E-state index contributed by atoms with van der Waals surface area (Å²) in [5.74, 6) is 0. The van der Waals surface area contributed by atoms with Crippen LogP contribution in [0.3, 0.4) is 0 Å². The predicted octanol–water partition coefficient (Wildman–Crippen LogP) is 4.92. The van der Waals surface area contributed by atoms with Gasteiger partial charge in [-0.1, -0.05) is 85.0 Å². The lowest BCUT2D eigenvalue weighted by molar-refractivity contribution is 0.401. The number of rotatable bonds is 4. The normalized spacial score (nSPS) is 22.4.